The van der Waals surface area contributed by atoms with Crippen molar-refractivity contribution < 1.29 is 18.3 Å². The molecule has 2 aromatic carbocycles. The van der Waals surface area contributed by atoms with Gasteiger partial charge in [-0.05, 0) is 74.4 Å². The molecule has 6 aromatic rings. The highest BCUT2D eigenvalue weighted by Gasteiger charge is 2.24. The van der Waals surface area contributed by atoms with Crippen LogP contribution in [0.25, 0.3) is 22.3 Å². The molecule has 4 aromatic heterocycles. The standard InChI is InChI=1S/C32H31N9O5S/c1-18-12-13-40-27(18)32(43)41(22-8-6-5-7-9-22)30(38-40)20(3)37-29-26(28(33)35-17-36-29)21-15-24(31(46-4)34-16-21)39-47(44,45)23-10-11-25(42)19(2)14-23/h5-17,20,39,42H,1-4H3,(H3,33,35,36,37)/t20-/m0/s1. The van der Waals surface area contributed by atoms with E-state index in [9.17, 15) is 18.3 Å². The van der Waals surface area contributed by atoms with E-state index in [2.05, 4.69) is 25.0 Å². The summed E-state index contributed by atoms with van der Waals surface area (Å²) >= 11 is 0. The molecule has 0 aliphatic rings. The highest BCUT2D eigenvalue weighted by molar-refractivity contribution is 7.92. The number of nitrogens with zero attached hydrogens (tertiary/aromatic N) is 6. The number of ether oxygens (including phenoxy) is 1. The molecule has 0 saturated carbocycles. The first kappa shape index (κ1) is 31.0. The quantitative estimate of drug-likeness (QED) is 0.175. The van der Waals surface area contributed by atoms with Gasteiger partial charge in [0.25, 0.3) is 15.6 Å². The zero-order valence-electron chi connectivity index (χ0n) is 25.8. The summed E-state index contributed by atoms with van der Waals surface area (Å²) in [6.07, 6.45) is 4.48. The van der Waals surface area contributed by atoms with Gasteiger partial charge < -0.3 is 20.9 Å². The number of pyridine rings is 1. The Hall–Kier alpha value is -5.96. The lowest BCUT2D eigenvalue weighted by Gasteiger charge is -2.21. The third kappa shape index (κ3) is 5.79. The van der Waals surface area contributed by atoms with Gasteiger partial charge in [-0.15, -0.1) is 0 Å². The average Bonchev–Trinajstić information content (AvgIpc) is 3.43. The Bertz CT molecular complexity index is 2300. The molecule has 0 bridgehead atoms. The van der Waals surface area contributed by atoms with Crippen molar-refractivity contribution in [2.75, 3.05) is 22.9 Å². The van der Waals surface area contributed by atoms with Crippen molar-refractivity contribution in [3.63, 3.8) is 0 Å². The van der Waals surface area contributed by atoms with Crippen molar-refractivity contribution in [1.29, 1.82) is 0 Å². The van der Waals surface area contributed by atoms with Crippen LogP contribution < -0.4 is 26.1 Å². The molecule has 0 spiro atoms. The van der Waals surface area contributed by atoms with Gasteiger partial charge in [-0.25, -0.2) is 27.9 Å². The van der Waals surface area contributed by atoms with Crippen LogP contribution in [0.3, 0.4) is 0 Å². The van der Waals surface area contributed by atoms with Gasteiger partial charge >= 0.3 is 0 Å². The summed E-state index contributed by atoms with van der Waals surface area (Å²) in [5.74, 6) is 0.765. The number of hydrogen-bond acceptors (Lipinski definition) is 11. The molecule has 0 saturated heterocycles. The largest absolute Gasteiger partial charge is 0.508 e. The van der Waals surface area contributed by atoms with Gasteiger partial charge in [0.2, 0.25) is 5.88 Å². The molecular weight excluding hydrogens is 622 g/mol. The third-order valence-corrected chi connectivity index (χ3v) is 8.96. The van der Waals surface area contributed by atoms with E-state index >= 15 is 0 Å². The zero-order valence-corrected chi connectivity index (χ0v) is 26.6. The number of fused-ring (bicyclic) bond motifs is 1. The first-order valence-electron chi connectivity index (χ1n) is 14.4. The third-order valence-electron chi connectivity index (χ3n) is 7.60. The molecule has 0 fully saturated rings. The Morgan fingerprint density at radius 1 is 1.00 bits per heavy atom. The Labute approximate surface area is 269 Å². The molecule has 0 aliphatic carbocycles. The molecule has 47 heavy (non-hydrogen) atoms. The van der Waals surface area contributed by atoms with Gasteiger partial charge in [-0.2, -0.15) is 5.10 Å². The SMILES string of the molecule is COc1ncc(-c2c(N)ncnc2N[C@@H](C)c2nn3ccc(C)c3c(=O)n2-c2ccccc2)cc1NS(=O)(=O)c1ccc(O)c(C)c1. The van der Waals surface area contributed by atoms with Crippen molar-refractivity contribution in [3.8, 4) is 28.4 Å². The number of anilines is 3. The lowest BCUT2D eigenvalue weighted by Crippen LogP contribution is -2.29. The minimum Gasteiger partial charge on any atom is -0.508 e. The number of benzene rings is 2. The van der Waals surface area contributed by atoms with Crippen molar-refractivity contribution in [3.05, 3.63) is 107 Å². The Kier molecular flexibility index (Phi) is 7.99. The van der Waals surface area contributed by atoms with E-state index in [1.165, 1.54) is 43.9 Å². The van der Waals surface area contributed by atoms with Crippen molar-refractivity contribution in [2.24, 2.45) is 0 Å². The number of sulfonamides is 1. The Morgan fingerprint density at radius 3 is 2.49 bits per heavy atom. The zero-order chi connectivity index (χ0) is 33.5. The van der Waals surface area contributed by atoms with Crippen molar-refractivity contribution in [1.82, 2.24) is 29.1 Å². The maximum atomic E-state index is 13.8. The molecule has 0 aliphatic heterocycles. The van der Waals surface area contributed by atoms with Crippen LogP contribution in [0.15, 0.2) is 89.1 Å². The number of aromatic nitrogens is 6. The van der Waals surface area contributed by atoms with Gasteiger partial charge in [0.15, 0.2) is 5.82 Å². The maximum absolute atomic E-state index is 13.8. The lowest BCUT2D eigenvalue weighted by molar-refractivity contribution is 0.400. The summed E-state index contributed by atoms with van der Waals surface area (Å²) in [7, 11) is -2.75. The number of hydrogen-bond donors (Lipinski definition) is 4. The second-order valence-electron chi connectivity index (χ2n) is 10.8. The van der Waals surface area contributed by atoms with Crippen LogP contribution in [0.5, 0.6) is 11.6 Å². The molecule has 6 rings (SSSR count). The molecule has 240 valence electrons. The monoisotopic (exact) mass is 653 g/mol. The van der Waals surface area contributed by atoms with E-state index in [-0.39, 0.29) is 39.4 Å². The summed E-state index contributed by atoms with van der Waals surface area (Å²) in [6, 6.07) is 15.9. The van der Waals surface area contributed by atoms with Gasteiger partial charge in [-0.3, -0.25) is 14.1 Å². The number of nitrogen functional groups attached to an aromatic ring is 1. The van der Waals surface area contributed by atoms with Crippen LogP contribution in [0, 0.1) is 13.8 Å². The number of methoxy groups -OCH3 is 1. The number of aromatic hydroxyl groups is 1. The molecule has 0 amide bonds. The highest BCUT2D eigenvalue weighted by Crippen LogP contribution is 2.36. The molecule has 14 nitrogen and oxygen atoms in total. The fraction of sp³-hybridized carbons (Fsp3) is 0.156. The van der Waals surface area contributed by atoms with E-state index < -0.39 is 16.1 Å². The fourth-order valence-electron chi connectivity index (χ4n) is 5.22. The molecule has 0 unspecified atom stereocenters. The number of aryl methyl sites for hydroxylation is 2. The summed E-state index contributed by atoms with van der Waals surface area (Å²) in [5, 5.41) is 18.0. The number of nitrogens with two attached hydrogens (primary N) is 1. The van der Waals surface area contributed by atoms with Gasteiger partial charge in [-0.1, -0.05) is 18.2 Å². The second-order valence-corrected chi connectivity index (χ2v) is 12.5. The van der Waals surface area contributed by atoms with Crippen LogP contribution in [0.4, 0.5) is 17.3 Å². The number of nitrogens with one attached hydrogen (secondary N) is 2. The lowest BCUT2D eigenvalue weighted by atomic mass is 10.1. The minimum atomic E-state index is -4.11. The van der Waals surface area contributed by atoms with E-state index in [4.69, 9.17) is 15.6 Å². The molecule has 0 radical (unpaired) electrons. The molecule has 4 heterocycles. The molecule has 1 atom stereocenters. The van der Waals surface area contributed by atoms with Crippen LogP contribution in [0.2, 0.25) is 0 Å². The fourth-order valence-corrected chi connectivity index (χ4v) is 6.36. The first-order valence-corrected chi connectivity index (χ1v) is 15.9. The minimum absolute atomic E-state index is 0.0116. The van der Waals surface area contributed by atoms with Crippen LogP contribution >= 0.6 is 0 Å². The topological polar surface area (TPSA) is 192 Å². The molecular formula is C32H31N9O5S. The highest BCUT2D eigenvalue weighted by atomic mass is 32.2. The normalized spacial score (nSPS) is 12.2. The summed E-state index contributed by atoms with van der Waals surface area (Å²) < 4.78 is 37.6. The van der Waals surface area contributed by atoms with Crippen molar-refractivity contribution in [2.45, 2.75) is 31.7 Å². The van der Waals surface area contributed by atoms with Crippen molar-refractivity contribution >= 4 is 32.9 Å². The summed E-state index contributed by atoms with van der Waals surface area (Å²) in [4.78, 5) is 26.7. The molecule has 5 N–H and O–H groups in total. The predicted molar refractivity (Wildman–Crippen MR) is 177 cm³/mol. The second kappa shape index (κ2) is 12.1. The van der Waals surface area contributed by atoms with Crippen LogP contribution in [0.1, 0.15) is 29.9 Å². The average molecular weight is 654 g/mol. The Balaban J connectivity index is 1.42. The van der Waals surface area contributed by atoms with Crippen LogP contribution in [-0.2, 0) is 10.0 Å². The molecule has 15 heteroatoms. The van der Waals surface area contributed by atoms with Gasteiger partial charge in [0, 0.05) is 18.0 Å². The summed E-state index contributed by atoms with van der Waals surface area (Å²) in [5.41, 5.74) is 9.17. The number of rotatable bonds is 9. The number of phenolic OH excluding ortho intramolecular Hbond substituents is 1. The maximum Gasteiger partial charge on any atom is 0.282 e. The smallest absolute Gasteiger partial charge is 0.282 e. The Morgan fingerprint density at radius 2 is 1.77 bits per heavy atom. The van der Waals surface area contributed by atoms with E-state index in [0.717, 1.165) is 5.56 Å². The number of phenols is 1. The van der Waals surface area contributed by atoms with Gasteiger partial charge in [0.05, 0.1) is 29.3 Å². The van der Waals surface area contributed by atoms with E-state index in [0.29, 0.717) is 33.7 Å². The number of para-hydroxylation sites is 1. The van der Waals surface area contributed by atoms with Crippen LogP contribution in [-0.4, -0.2) is 49.8 Å². The van der Waals surface area contributed by atoms with E-state index in [1.807, 2.05) is 50.2 Å². The summed E-state index contributed by atoms with van der Waals surface area (Å²) in [6.45, 7) is 5.28. The first-order chi connectivity index (χ1) is 22.5. The van der Waals surface area contributed by atoms with Gasteiger partial charge in [0.1, 0.15) is 34.9 Å². The predicted octanol–water partition coefficient (Wildman–Crippen LogP) is 4.22. The van der Waals surface area contributed by atoms with E-state index in [1.54, 1.807) is 22.2 Å².